The lowest BCUT2D eigenvalue weighted by molar-refractivity contribution is -0.141. The van der Waals surface area contributed by atoms with Gasteiger partial charge in [0, 0.05) is 12.7 Å². The van der Waals surface area contributed by atoms with Gasteiger partial charge in [-0.2, -0.15) is 0 Å². The number of aliphatic carboxylic acids is 1. The first-order valence-corrected chi connectivity index (χ1v) is 7.10. The molecule has 1 atom stereocenters. The Morgan fingerprint density at radius 3 is 2.57 bits per heavy atom. The molecule has 0 saturated carbocycles. The number of anilines is 1. The number of nitrogens with one attached hydrogen (secondary N) is 2. The minimum Gasteiger partial charge on any atom is -0.497 e. The van der Waals surface area contributed by atoms with Gasteiger partial charge in [0.15, 0.2) is 0 Å². The van der Waals surface area contributed by atoms with E-state index in [1.54, 1.807) is 18.2 Å². The second kappa shape index (κ2) is 9.65. The van der Waals surface area contributed by atoms with E-state index in [4.69, 9.17) is 19.7 Å². The van der Waals surface area contributed by atoms with Gasteiger partial charge in [0.2, 0.25) is 5.91 Å². The second-order valence-corrected chi connectivity index (χ2v) is 4.74. The van der Waals surface area contributed by atoms with Gasteiger partial charge in [-0.1, -0.05) is 0 Å². The van der Waals surface area contributed by atoms with Crippen LogP contribution in [-0.2, 0) is 9.59 Å². The summed E-state index contributed by atoms with van der Waals surface area (Å²) >= 11 is 0. The number of ether oxygens (including phenoxy) is 2. The van der Waals surface area contributed by atoms with Crippen molar-refractivity contribution in [1.82, 2.24) is 5.32 Å². The van der Waals surface area contributed by atoms with Crippen LogP contribution in [0.25, 0.3) is 0 Å². The molecule has 1 unspecified atom stereocenters. The number of carboxylic acids is 1. The minimum absolute atomic E-state index is 0.0470. The maximum Gasteiger partial charge on any atom is 0.321 e. The topological polar surface area (TPSA) is 117 Å². The molecule has 8 nitrogen and oxygen atoms in total. The molecule has 1 aromatic carbocycles. The van der Waals surface area contributed by atoms with Crippen LogP contribution < -0.4 is 20.1 Å². The molecule has 23 heavy (non-hydrogen) atoms. The van der Waals surface area contributed by atoms with Crippen molar-refractivity contribution in [2.75, 3.05) is 32.7 Å². The van der Waals surface area contributed by atoms with Crippen LogP contribution in [0.5, 0.6) is 11.5 Å². The van der Waals surface area contributed by atoms with Crippen molar-refractivity contribution >= 4 is 17.6 Å². The summed E-state index contributed by atoms with van der Waals surface area (Å²) in [5, 5.41) is 23.1. The third-order valence-electron chi connectivity index (χ3n) is 3.10. The summed E-state index contributed by atoms with van der Waals surface area (Å²) in [5.74, 6) is -0.594. The van der Waals surface area contributed by atoms with Crippen molar-refractivity contribution in [2.45, 2.75) is 18.9 Å². The second-order valence-electron chi connectivity index (χ2n) is 4.74. The summed E-state index contributed by atoms with van der Waals surface area (Å²) in [5.41, 5.74) is 0.429. The summed E-state index contributed by atoms with van der Waals surface area (Å²) < 4.78 is 10.2. The van der Waals surface area contributed by atoms with E-state index in [2.05, 4.69) is 10.6 Å². The van der Waals surface area contributed by atoms with Crippen molar-refractivity contribution < 1.29 is 29.3 Å². The maximum absolute atomic E-state index is 12.0. The molecule has 0 heterocycles. The van der Waals surface area contributed by atoms with Crippen LogP contribution in [0.2, 0.25) is 0 Å². The normalized spacial score (nSPS) is 11.6. The minimum atomic E-state index is -1.13. The highest BCUT2D eigenvalue weighted by Crippen LogP contribution is 2.29. The Morgan fingerprint density at radius 1 is 1.26 bits per heavy atom. The zero-order valence-corrected chi connectivity index (χ0v) is 13.2. The smallest absolute Gasteiger partial charge is 0.321 e. The first kappa shape index (κ1) is 18.7. The molecule has 0 aliphatic heterocycles. The number of aliphatic hydroxyl groups is 1. The van der Waals surface area contributed by atoms with E-state index in [-0.39, 0.29) is 13.0 Å². The largest absolute Gasteiger partial charge is 0.497 e. The predicted molar refractivity (Wildman–Crippen MR) is 83.9 cm³/mol. The summed E-state index contributed by atoms with van der Waals surface area (Å²) in [6.45, 7) is 0.265. The fourth-order valence-electron chi connectivity index (χ4n) is 1.89. The van der Waals surface area contributed by atoms with Gasteiger partial charge in [-0.15, -0.1) is 0 Å². The van der Waals surface area contributed by atoms with Gasteiger partial charge in [0.1, 0.15) is 17.5 Å². The standard InChI is InChI=1S/C15H22N2O6/c1-22-10-4-5-11(13(8-10)23-2)17-14(19)9-12(15(20)21)16-6-3-7-18/h4-5,8,12,16,18H,3,6-7,9H2,1-2H3,(H,17,19)(H,20,21). The zero-order chi connectivity index (χ0) is 17.2. The third-order valence-corrected chi connectivity index (χ3v) is 3.10. The van der Waals surface area contributed by atoms with E-state index < -0.39 is 17.9 Å². The third kappa shape index (κ3) is 6.13. The molecule has 8 heteroatoms. The number of carbonyl (C=O) groups excluding carboxylic acids is 1. The molecule has 0 spiro atoms. The average molecular weight is 326 g/mol. The van der Waals surface area contributed by atoms with Gasteiger partial charge in [0.05, 0.1) is 26.3 Å². The van der Waals surface area contributed by atoms with Crippen LogP contribution in [0.1, 0.15) is 12.8 Å². The number of hydrogen-bond acceptors (Lipinski definition) is 6. The van der Waals surface area contributed by atoms with Crippen LogP contribution in [0, 0.1) is 0 Å². The average Bonchev–Trinajstić information content (AvgIpc) is 2.54. The van der Waals surface area contributed by atoms with E-state index in [0.717, 1.165) is 0 Å². The Labute approximate surface area is 134 Å². The number of aliphatic hydroxyl groups excluding tert-OH is 1. The van der Waals surface area contributed by atoms with Crippen LogP contribution in [-0.4, -0.2) is 55.5 Å². The molecular formula is C15H22N2O6. The van der Waals surface area contributed by atoms with Crippen molar-refractivity contribution in [3.63, 3.8) is 0 Å². The maximum atomic E-state index is 12.0. The Bertz CT molecular complexity index is 535. The van der Waals surface area contributed by atoms with Crippen molar-refractivity contribution in [2.24, 2.45) is 0 Å². The molecule has 1 aromatic rings. The van der Waals surface area contributed by atoms with Crippen molar-refractivity contribution in [3.8, 4) is 11.5 Å². The number of benzene rings is 1. The lowest BCUT2D eigenvalue weighted by Crippen LogP contribution is -2.40. The lowest BCUT2D eigenvalue weighted by atomic mass is 10.2. The molecule has 0 aliphatic carbocycles. The Balaban J connectivity index is 2.68. The molecular weight excluding hydrogens is 304 g/mol. The predicted octanol–water partition coefficient (Wildman–Crippen LogP) is 0.458. The fourth-order valence-corrected chi connectivity index (χ4v) is 1.89. The van der Waals surface area contributed by atoms with Gasteiger partial charge in [-0.25, -0.2) is 0 Å². The van der Waals surface area contributed by atoms with Crippen LogP contribution in [0.4, 0.5) is 5.69 Å². The molecule has 128 valence electrons. The molecule has 0 bridgehead atoms. The quantitative estimate of drug-likeness (QED) is 0.461. The number of hydrogen-bond donors (Lipinski definition) is 4. The summed E-state index contributed by atoms with van der Waals surface area (Å²) in [6, 6.07) is 3.87. The Morgan fingerprint density at radius 2 is 2.00 bits per heavy atom. The van der Waals surface area contributed by atoms with Gasteiger partial charge in [-0.05, 0) is 25.1 Å². The van der Waals surface area contributed by atoms with Crippen LogP contribution in [0.15, 0.2) is 18.2 Å². The highest BCUT2D eigenvalue weighted by Gasteiger charge is 2.21. The molecule has 0 fully saturated rings. The molecule has 1 amide bonds. The molecule has 0 aliphatic rings. The van der Waals surface area contributed by atoms with Gasteiger partial charge < -0.3 is 30.3 Å². The zero-order valence-electron chi connectivity index (χ0n) is 13.2. The highest BCUT2D eigenvalue weighted by molar-refractivity contribution is 5.95. The molecule has 1 rings (SSSR count). The molecule has 0 saturated heterocycles. The number of methoxy groups -OCH3 is 2. The Hall–Kier alpha value is -2.32. The van der Waals surface area contributed by atoms with E-state index in [1.807, 2.05) is 0 Å². The highest BCUT2D eigenvalue weighted by atomic mass is 16.5. The lowest BCUT2D eigenvalue weighted by Gasteiger charge is -2.15. The monoisotopic (exact) mass is 326 g/mol. The number of carbonyl (C=O) groups is 2. The Kier molecular flexibility index (Phi) is 7.86. The number of carboxylic acid groups (broad SMARTS) is 1. The van der Waals surface area contributed by atoms with Crippen LogP contribution >= 0.6 is 0 Å². The summed E-state index contributed by atoms with van der Waals surface area (Å²) in [7, 11) is 2.98. The van der Waals surface area contributed by atoms with Crippen molar-refractivity contribution in [1.29, 1.82) is 0 Å². The number of rotatable bonds is 10. The first-order chi connectivity index (χ1) is 11.0. The molecule has 0 aromatic heterocycles. The van der Waals surface area contributed by atoms with E-state index >= 15 is 0 Å². The first-order valence-electron chi connectivity index (χ1n) is 7.10. The molecule has 0 radical (unpaired) electrons. The van der Waals surface area contributed by atoms with E-state index in [1.165, 1.54) is 14.2 Å². The number of amides is 1. The van der Waals surface area contributed by atoms with Gasteiger partial charge in [0.25, 0.3) is 0 Å². The van der Waals surface area contributed by atoms with E-state index in [0.29, 0.717) is 30.2 Å². The van der Waals surface area contributed by atoms with Crippen molar-refractivity contribution in [3.05, 3.63) is 18.2 Å². The van der Waals surface area contributed by atoms with Gasteiger partial charge in [-0.3, -0.25) is 9.59 Å². The summed E-state index contributed by atoms with van der Waals surface area (Å²) in [4.78, 5) is 23.2. The van der Waals surface area contributed by atoms with Crippen LogP contribution in [0.3, 0.4) is 0 Å². The van der Waals surface area contributed by atoms with Gasteiger partial charge >= 0.3 is 5.97 Å². The van der Waals surface area contributed by atoms with E-state index in [9.17, 15) is 9.59 Å². The summed E-state index contributed by atoms with van der Waals surface area (Å²) in [6.07, 6.45) is 0.174. The molecule has 4 N–H and O–H groups in total. The fraction of sp³-hybridized carbons (Fsp3) is 0.467. The SMILES string of the molecule is COc1ccc(NC(=O)CC(NCCCO)C(=O)O)c(OC)c1.